The minimum Gasteiger partial charge on any atom is -0.329 e. The fourth-order valence-electron chi connectivity index (χ4n) is 3.58. The highest BCUT2D eigenvalue weighted by atomic mass is 32.1. The summed E-state index contributed by atoms with van der Waals surface area (Å²) in [5.74, 6) is -0.176. The predicted molar refractivity (Wildman–Crippen MR) is 137 cm³/mol. The molecule has 2 aromatic heterocycles. The van der Waals surface area contributed by atoms with E-state index in [1.165, 1.54) is 29.5 Å². The Kier molecular flexibility index (Phi) is 6.61. The number of hydrogen-bond donors (Lipinski definition) is 3. The number of amides is 3. The molecule has 0 bridgehead atoms. The zero-order chi connectivity index (χ0) is 27.0. The van der Waals surface area contributed by atoms with Crippen LogP contribution in [0.5, 0.6) is 0 Å². The molecule has 3 amide bonds. The summed E-state index contributed by atoms with van der Waals surface area (Å²) in [6.45, 7) is 0. The molecule has 4 aromatic rings. The largest absolute Gasteiger partial charge is 0.416 e. The summed E-state index contributed by atoms with van der Waals surface area (Å²) in [6.07, 6.45) is -2.73. The molecule has 0 unspecified atom stereocenters. The van der Waals surface area contributed by atoms with Crippen molar-refractivity contribution in [1.29, 1.82) is 0 Å². The molecule has 2 heterocycles. The maximum Gasteiger partial charge on any atom is 0.416 e. The molecule has 1 fully saturated rings. The number of halogens is 4. The van der Waals surface area contributed by atoms with E-state index in [0.29, 0.717) is 27.0 Å². The predicted octanol–water partition coefficient (Wildman–Crippen LogP) is 6.61. The van der Waals surface area contributed by atoms with Crippen molar-refractivity contribution in [3.05, 3.63) is 66.0 Å². The Balaban J connectivity index is 1.28. The minimum absolute atomic E-state index is 0.0462. The zero-order valence-electron chi connectivity index (χ0n) is 19.8. The van der Waals surface area contributed by atoms with Crippen LogP contribution in [0, 0.1) is 11.7 Å². The Morgan fingerprint density at radius 3 is 2.39 bits per heavy atom. The number of thiazole rings is 1. The molecule has 1 aliphatic carbocycles. The molecule has 1 saturated carbocycles. The standard InChI is InChI=1S/C25H20F4N6O2S/c1-35(20-11-10-18-22(33-20)38-24(32-18)34-21(36)13-2-3-13)16-8-9-17(26)19(12-16)31-23(37)30-15-6-4-14(5-7-15)25(27,28)29/h4-13H,2-3H2,1H3,(H2,30,31,37)(H,32,34,36). The maximum absolute atomic E-state index is 14.5. The highest BCUT2D eigenvalue weighted by Crippen LogP contribution is 2.34. The number of rotatable bonds is 6. The number of nitrogens with zero attached hydrogens (tertiary/aromatic N) is 3. The third-order valence-electron chi connectivity index (χ3n) is 5.82. The van der Waals surface area contributed by atoms with E-state index in [0.717, 1.165) is 37.1 Å². The van der Waals surface area contributed by atoms with Crippen molar-refractivity contribution in [3.8, 4) is 0 Å². The highest BCUT2D eigenvalue weighted by Gasteiger charge is 2.31. The smallest absolute Gasteiger partial charge is 0.329 e. The third-order valence-corrected chi connectivity index (χ3v) is 6.70. The number of alkyl halides is 3. The molecule has 2 aromatic carbocycles. The summed E-state index contributed by atoms with van der Waals surface area (Å²) < 4.78 is 52.6. The fourth-order valence-corrected chi connectivity index (χ4v) is 4.41. The lowest BCUT2D eigenvalue weighted by molar-refractivity contribution is -0.137. The molecule has 3 N–H and O–H groups in total. The van der Waals surface area contributed by atoms with E-state index in [-0.39, 0.29) is 23.2 Å². The first-order chi connectivity index (χ1) is 18.1. The highest BCUT2D eigenvalue weighted by molar-refractivity contribution is 7.22. The molecule has 0 atom stereocenters. The number of hydrogen-bond acceptors (Lipinski definition) is 6. The summed E-state index contributed by atoms with van der Waals surface area (Å²) in [4.78, 5) is 35.7. The van der Waals surface area contributed by atoms with Crippen LogP contribution in [0.15, 0.2) is 54.6 Å². The van der Waals surface area contributed by atoms with Crippen LogP contribution in [0.25, 0.3) is 10.3 Å². The molecular formula is C25H20F4N6O2S. The molecule has 0 spiro atoms. The van der Waals surface area contributed by atoms with Gasteiger partial charge in [-0.1, -0.05) is 11.3 Å². The topological polar surface area (TPSA) is 99.3 Å². The number of carbonyl (C=O) groups is 2. The average molecular weight is 545 g/mol. The first kappa shape index (κ1) is 25.4. The van der Waals surface area contributed by atoms with E-state index < -0.39 is 23.6 Å². The molecule has 8 nitrogen and oxygen atoms in total. The van der Waals surface area contributed by atoms with Crippen LogP contribution in [-0.2, 0) is 11.0 Å². The molecule has 1 aliphatic rings. The van der Waals surface area contributed by atoms with Gasteiger partial charge in [0.1, 0.15) is 22.0 Å². The van der Waals surface area contributed by atoms with Gasteiger partial charge in [-0.2, -0.15) is 13.2 Å². The van der Waals surface area contributed by atoms with Crippen molar-refractivity contribution in [2.24, 2.45) is 5.92 Å². The zero-order valence-corrected chi connectivity index (χ0v) is 20.6. The van der Waals surface area contributed by atoms with Crippen molar-refractivity contribution in [2.45, 2.75) is 19.0 Å². The van der Waals surface area contributed by atoms with Gasteiger partial charge in [0.15, 0.2) is 5.13 Å². The van der Waals surface area contributed by atoms with E-state index in [2.05, 4.69) is 25.9 Å². The number of anilines is 5. The second kappa shape index (κ2) is 9.89. The van der Waals surface area contributed by atoms with Gasteiger partial charge in [0, 0.05) is 24.3 Å². The van der Waals surface area contributed by atoms with Gasteiger partial charge in [0.05, 0.1) is 11.3 Å². The first-order valence-electron chi connectivity index (χ1n) is 11.4. The Morgan fingerprint density at radius 1 is 0.974 bits per heavy atom. The van der Waals surface area contributed by atoms with Crippen molar-refractivity contribution >= 4 is 61.6 Å². The average Bonchev–Trinajstić information content (AvgIpc) is 3.65. The molecule has 0 radical (unpaired) electrons. The van der Waals surface area contributed by atoms with Crippen molar-refractivity contribution in [1.82, 2.24) is 9.97 Å². The summed E-state index contributed by atoms with van der Waals surface area (Å²) in [6, 6.07) is 10.6. The van der Waals surface area contributed by atoms with E-state index in [9.17, 15) is 27.2 Å². The van der Waals surface area contributed by atoms with Gasteiger partial charge in [-0.05, 0) is 67.4 Å². The number of urea groups is 1. The lowest BCUT2D eigenvalue weighted by Crippen LogP contribution is -2.20. The Morgan fingerprint density at radius 2 is 1.71 bits per heavy atom. The molecule has 5 rings (SSSR count). The van der Waals surface area contributed by atoms with Crippen molar-refractivity contribution < 1.29 is 27.2 Å². The summed E-state index contributed by atoms with van der Waals surface area (Å²) in [5.41, 5.74) is 0.255. The fraction of sp³-hybridized carbons (Fsp3) is 0.200. The summed E-state index contributed by atoms with van der Waals surface area (Å²) in [5, 5.41) is 8.03. The minimum atomic E-state index is -4.50. The quantitative estimate of drug-likeness (QED) is 0.237. The Hall–Kier alpha value is -4.26. The molecule has 0 saturated heterocycles. The van der Waals surface area contributed by atoms with Crippen molar-refractivity contribution in [3.63, 3.8) is 0 Å². The summed E-state index contributed by atoms with van der Waals surface area (Å²) >= 11 is 1.25. The van der Waals surface area contributed by atoms with E-state index in [4.69, 9.17) is 0 Å². The van der Waals surface area contributed by atoms with Gasteiger partial charge >= 0.3 is 12.2 Å². The van der Waals surface area contributed by atoms with Crippen LogP contribution in [0.2, 0.25) is 0 Å². The number of benzene rings is 2. The lowest BCUT2D eigenvalue weighted by Gasteiger charge is -2.19. The number of pyridine rings is 1. The monoisotopic (exact) mass is 544 g/mol. The molecule has 0 aliphatic heterocycles. The van der Waals surface area contributed by atoms with Gasteiger partial charge in [-0.25, -0.2) is 19.2 Å². The molecule has 196 valence electrons. The first-order valence-corrected chi connectivity index (χ1v) is 12.3. The van der Waals surface area contributed by atoms with Crippen LogP contribution >= 0.6 is 11.3 Å². The SMILES string of the molecule is CN(c1ccc(F)c(NC(=O)Nc2ccc(C(F)(F)F)cc2)c1)c1ccc2nc(NC(=O)C3CC3)sc2n1. The molecule has 38 heavy (non-hydrogen) atoms. The van der Waals surface area contributed by atoms with Crippen LogP contribution in [0.3, 0.4) is 0 Å². The van der Waals surface area contributed by atoms with Gasteiger partial charge in [0.25, 0.3) is 0 Å². The Bertz CT molecular complexity index is 1520. The van der Waals surface area contributed by atoms with Crippen LogP contribution in [0.4, 0.5) is 50.4 Å². The van der Waals surface area contributed by atoms with Gasteiger partial charge in [0.2, 0.25) is 5.91 Å². The number of nitrogens with one attached hydrogen (secondary N) is 3. The summed E-state index contributed by atoms with van der Waals surface area (Å²) in [7, 11) is 1.71. The van der Waals surface area contributed by atoms with Gasteiger partial charge in [-0.15, -0.1) is 0 Å². The lowest BCUT2D eigenvalue weighted by atomic mass is 10.2. The second-order valence-corrected chi connectivity index (χ2v) is 9.63. The van der Waals surface area contributed by atoms with Crippen molar-refractivity contribution in [2.75, 3.05) is 27.9 Å². The second-order valence-electron chi connectivity index (χ2n) is 8.65. The normalized spacial score (nSPS) is 13.3. The number of carbonyl (C=O) groups excluding carboxylic acids is 2. The van der Waals surface area contributed by atoms with Gasteiger partial charge in [-0.3, -0.25) is 4.79 Å². The van der Waals surface area contributed by atoms with E-state index in [1.807, 2.05) is 0 Å². The number of aromatic nitrogens is 2. The van der Waals surface area contributed by atoms with Gasteiger partial charge < -0.3 is 20.9 Å². The van der Waals surface area contributed by atoms with Crippen LogP contribution in [-0.4, -0.2) is 29.0 Å². The molecule has 13 heteroatoms. The maximum atomic E-state index is 14.5. The van der Waals surface area contributed by atoms with E-state index in [1.54, 1.807) is 24.1 Å². The van der Waals surface area contributed by atoms with Crippen LogP contribution in [0.1, 0.15) is 18.4 Å². The Labute approximate surface area is 217 Å². The number of fused-ring (bicyclic) bond motifs is 1. The van der Waals surface area contributed by atoms with Crippen LogP contribution < -0.4 is 20.9 Å². The van der Waals surface area contributed by atoms with E-state index >= 15 is 0 Å². The third kappa shape index (κ3) is 5.67. The molecular weight excluding hydrogens is 524 g/mol.